The van der Waals surface area contributed by atoms with Gasteiger partial charge in [0, 0.05) is 28.0 Å². The Morgan fingerprint density at radius 3 is 2.67 bits per heavy atom. The molecule has 0 aliphatic carbocycles. The number of hydrogen-bond acceptors (Lipinski definition) is 4. The van der Waals surface area contributed by atoms with Crippen molar-refractivity contribution in [3.8, 4) is 17.0 Å². The number of rotatable bonds is 4. The summed E-state index contributed by atoms with van der Waals surface area (Å²) in [5, 5.41) is 1.43. The van der Waals surface area contributed by atoms with Crippen LogP contribution in [0.3, 0.4) is 0 Å². The quantitative estimate of drug-likeness (QED) is 0.531. The van der Waals surface area contributed by atoms with Gasteiger partial charge in [0.25, 0.3) is 5.91 Å². The van der Waals surface area contributed by atoms with Crippen LogP contribution in [0.15, 0.2) is 42.5 Å². The van der Waals surface area contributed by atoms with Crippen LogP contribution in [0.2, 0.25) is 0 Å². The average Bonchev–Trinajstić information content (AvgIpc) is 2.60. The minimum atomic E-state index is -0.521. The van der Waals surface area contributed by atoms with Gasteiger partial charge in [-0.2, -0.15) is 0 Å². The summed E-state index contributed by atoms with van der Waals surface area (Å²) < 4.78 is 5.24. The molecule has 3 rings (SSSR count). The summed E-state index contributed by atoms with van der Waals surface area (Å²) in [6.07, 6.45) is 0. The van der Waals surface area contributed by atoms with Crippen LogP contribution < -0.4 is 16.2 Å². The number of fused-ring (bicyclic) bond motifs is 1. The third kappa shape index (κ3) is 2.92. The first-order chi connectivity index (χ1) is 11.5. The predicted molar refractivity (Wildman–Crippen MR) is 99.3 cm³/mol. The van der Waals surface area contributed by atoms with E-state index in [2.05, 4.69) is 20.9 Å². The van der Waals surface area contributed by atoms with Crippen LogP contribution in [0.5, 0.6) is 5.75 Å². The van der Waals surface area contributed by atoms with E-state index in [4.69, 9.17) is 16.2 Å². The number of carbonyl (C=O) groups excluding carboxylic acids is 1. The number of carbonyl (C=O) groups is 1. The lowest BCUT2D eigenvalue weighted by Crippen LogP contribution is -2.13. The monoisotopic (exact) mass is 385 g/mol. The molecule has 0 radical (unpaired) electrons. The number of anilines is 1. The highest BCUT2D eigenvalue weighted by molar-refractivity contribution is 9.08. The normalized spacial score (nSPS) is 10.8. The highest BCUT2D eigenvalue weighted by Gasteiger charge is 2.15. The van der Waals surface area contributed by atoms with Gasteiger partial charge in [0.2, 0.25) is 0 Å². The molecule has 3 aromatic rings. The number of nitrogen functional groups attached to an aromatic ring is 1. The number of nitrogens with zero attached hydrogens (tertiary/aromatic N) is 1. The Balaban J connectivity index is 2.28. The summed E-state index contributed by atoms with van der Waals surface area (Å²) >= 11 is 3.41. The zero-order chi connectivity index (χ0) is 17.3. The number of primary amides is 1. The van der Waals surface area contributed by atoms with Crippen LogP contribution in [0.1, 0.15) is 15.9 Å². The first-order valence-corrected chi connectivity index (χ1v) is 8.39. The number of hydrogen-bond donors (Lipinski definition) is 2. The van der Waals surface area contributed by atoms with E-state index in [9.17, 15) is 4.79 Å². The van der Waals surface area contributed by atoms with Crippen LogP contribution in [0, 0.1) is 0 Å². The molecule has 0 saturated carbocycles. The smallest absolute Gasteiger partial charge is 0.250 e. The molecule has 6 heteroatoms. The summed E-state index contributed by atoms with van der Waals surface area (Å²) in [4.78, 5) is 16.6. The minimum Gasteiger partial charge on any atom is -0.497 e. The number of halogens is 1. The van der Waals surface area contributed by atoms with Gasteiger partial charge in [-0.25, -0.2) is 4.98 Å². The van der Waals surface area contributed by atoms with Crippen molar-refractivity contribution in [1.82, 2.24) is 4.98 Å². The first-order valence-electron chi connectivity index (χ1n) is 7.27. The van der Waals surface area contributed by atoms with E-state index in [0.29, 0.717) is 28.0 Å². The number of ether oxygens (including phenoxy) is 1. The van der Waals surface area contributed by atoms with E-state index in [-0.39, 0.29) is 0 Å². The number of nitrogens with two attached hydrogens (primary N) is 2. The second-order valence-electron chi connectivity index (χ2n) is 5.35. The third-order valence-electron chi connectivity index (χ3n) is 3.85. The number of alkyl halides is 1. The zero-order valence-corrected chi connectivity index (χ0v) is 14.6. The largest absolute Gasteiger partial charge is 0.497 e. The molecular formula is C18H16BrN3O2. The van der Waals surface area contributed by atoms with Gasteiger partial charge in [-0.3, -0.25) is 4.79 Å². The van der Waals surface area contributed by atoms with Crippen molar-refractivity contribution in [2.75, 3.05) is 12.8 Å². The number of aromatic nitrogens is 1. The fourth-order valence-corrected chi connectivity index (χ4v) is 3.04. The van der Waals surface area contributed by atoms with E-state index in [1.165, 1.54) is 0 Å². The number of pyridine rings is 1. The Labute approximate surface area is 147 Å². The van der Waals surface area contributed by atoms with Crippen LogP contribution in [0.4, 0.5) is 5.69 Å². The van der Waals surface area contributed by atoms with Gasteiger partial charge in [0.05, 0.1) is 23.9 Å². The topological polar surface area (TPSA) is 91.2 Å². The van der Waals surface area contributed by atoms with E-state index in [0.717, 1.165) is 22.0 Å². The fourth-order valence-electron chi connectivity index (χ4n) is 2.55. The van der Waals surface area contributed by atoms with Crippen molar-refractivity contribution in [1.29, 1.82) is 0 Å². The molecule has 122 valence electrons. The van der Waals surface area contributed by atoms with Crippen molar-refractivity contribution in [3.63, 3.8) is 0 Å². The van der Waals surface area contributed by atoms with Crippen molar-refractivity contribution < 1.29 is 9.53 Å². The van der Waals surface area contributed by atoms with Gasteiger partial charge in [0.1, 0.15) is 5.75 Å². The highest BCUT2D eigenvalue weighted by Crippen LogP contribution is 2.30. The molecule has 0 saturated heterocycles. The molecule has 0 unspecified atom stereocenters. The van der Waals surface area contributed by atoms with E-state index in [1.54, 1.807) is 19.2 Å². The van der Waals surface area contributed by atoms with Gasteiger partial charge in [-0.05, 0) is 35.9 Å². The predicted octanol–water partition coefficient (Wildman–Crippen LogP) is 3.49. The van der Waals surface area contributed by atoms with E-state index < -0.39 is 5.91 Å². The van der Waals surface area contributed by atoms with Crippen molar-refractivity contribution in [2.24, 2.45) is 5.73 Å². The van der Waals surface area contributed by atoms with Crippen molar-refractivity contribution in [3.05, 3.63) is 53.6 Å². The number of benzene rings is 2. The van der Waals surface area contributed by atoms with Gasteiger partial charge in [0.15, 0.2) is 0 Å². The second-order valence-corrected chi connectivity index (χ2v) is 5.92. The van der Waals surface area contributed by atoms with E-state index in [1.807, 2.05) is 30.3 Å². The molecule has 0 aliphatic rings. The Bertz CT molecular complexity index is 941. The molecular weight excluding hydrogens is 370 g/mol. The van der Waals surface area contributed by atoms with Gasteiger partial charge >= 0.3 is 0 Å². The molecule has 0 aliphatic heterocycles. The summed E-state index contributed by atoms with van der Waals surface area (Å²) in [6.45, 7) is 0. The molecule has 1 heterocycles. The number of methoxy groups -OCH3 is 1. The Hall–Kier alpha value is -2.60. The first kappa shape index (κ1) is 16.3. The van der Waals surface area contributed by atoms with Crippen LogP contribution in [-0.2, 0) is 5.33 Å². The summed E-state index contributed by atoms with van der Waals surface area (Å²) in [5.74, 6) is 0.179. The highest BCUT2D eigenvalue weighted by atomic mass is 79.9. The molecule has 1 amide bonds. The van der Waals surface area contributed by atoms with Crippen molar-refractivity contribution >= 4 is 38.4 Å². The van der Waals surface area contributed by atoms with Crippen molar-refractivity contribution in [2.45, 2.75) is 5.33 Å². The lowest BCUT2D eigenvalue weighted by atomic mass is 10.0. The Morgan fingerprint density at radius 1 is 1.21 bits per heavy atom. The molecule has 0 bridgehead atoms. The molecule has 1 aromatic heterocycles. The van der Waals surface area contributed by atoms with Gasteiger partial charge in [-0.15, -0.1) is 0 Å². The molecule has 24 heavy (non-hydrogen) atoms. The minimum absolute atomic E-state index is 0.373. The van der Waals surface area contributed by atoms with Gasteiger partial charge in [-0.1, -0.05) is 22.0 Å². The summed E-state index contributed by atoms with van der Waals surface area (Å²) in [7, 11) is 1.60. The second kappa shape index (κ2) is 6.49. The molecule has 0 spiro atoms. The summed E-state index contributed by atoms with van der Waals surface area (Å²) in [6, 6.07) is 12.8. The van der Waals surface area contributed by atoms with Crippen LogP contribution in [0.25, 0.3) is 22.2 Å². The third-order valence-corrected chi connectivity index (χ3v) is 4.45. The maximum atomic E-state index is 11.9. The van der Waals surface area contributed by atoms with Crippen LogP contribution >= 0.6 is 15.9 Å². The Kier molecular flexibility index (Phi) is 4.40. The zero-order valence-electron chi connectivity index (χ0n) is 13.0. The van der Waals surface area contributed by atoms with E-state index >= 15 is 0 Å². The SMILES string of the molecule is COc1ccc2cc(C(N)=O)c(-c3ccc(N)c(CBr)c3)nc2c1. The average molecular weight is 386 g/mol. The maximum Gasteiger partial charge on any atom is 0.250 e. The molecule has 0 atom stereocenters. The number of amides is 1. The van der Waals surface area contributed by atoms with Crippen LogP contribution in [-0.4, -0.2) is 18.0 Å². The van der Waals surface area contributed by atoms with Gasteiger partial charge < -0.3 is 16.2 Å². The Morgan fingerprint density at radius 2 is 2.00 bits per heavy atom. The standard InChI is InChI=1S/C18H16BrN3O2/c1-24-13-4-2-10-7-14(18(21)23)17(22-16(10)8-13)11-3-5-15(20)12(6-11)9-19/h2-8H,9,20H2,1H3,(H2,21,23). The molecule has 5 nitrogen and oxygen atoms in total. The lowest BCUT2D eigenvalue weighted by molar-refractivity contribution is 0.100. The molecule has 4 N–H and O–H groups in total. The molecule has 2 aromatic carbocycles. The fraction of sp³-hybridized carbons (Fsp3) is 0.111. The maximum absolute atomic E-state index is 11.9. The molecule has 0 fully saturated rings. The lowest BCUT2D eigenvalue weighted by Gasteiger charge is -2.11. The summed E-state index contributed by atoms with van der Waals surface area (Å²) in [5.41, 5.74) is 15.5.